The highest BCUT2D eigenvalue weighted by Crippen LogP contribution is 2.35. The van der Waals surface area contributed by atoms with Gasteiger partial charge in [0, 0.05) is 29.2 Å². The second kappa shape index (κ2) is 11.9. The van der Waals surface area contributed by atoms with E-state index >= 15 is 0 Å². The van der Waals surface area contributed by atoms with Crippen molar-refractivity contribution in [2.24, 2.45) is 0 Å². The molecule has 0 spiro atoms. The summed E-state index contributed by atoms with van der Waals surface area (Å²) in [5.41, 5.74) is 2.68. The summed E-state index contributed by atoms with van der Waals surface area (Å²) in [5, 5.41) is 8.63. The lowest BCUT2D eigenvalue weighted by molar-refractivity contribution is 0.0977. The molecule has 0 saturated heterocycles. The molecular formula is C31H30N2O3S. The number of anilines is 1. The molecule has 1 aliphatic rings. The molecule has 0 bridgehead atoms. The Hall–Kier alpha value is -3.90. The van der Waals surface area contributed by atoms with Crippen LogP contribution in [0.5, 0.6) is 11.5 Å². The molecule has 1 unspecified atom stereocenters. The second-order valence-electron chi connectivity index (χ2n) is 9.10. The maximum absolute atomic E-state index is 12.5. The van der Waals surface area contributed by atoms with E-state index in [9.17, 15) is 4.79 Å². The van der Waals surface area contributed by atoms with Crippen LogP contribution in [-0.4, -0.2) is 30.7 Å². The van der Waals surface area contributed by atoms with Crippen LogP contribution in [0.25, 0.3) is 10.8 Å². The Balaban J connectivity index is 1.04. The van der Waals surface area contributed by atoms with Gasteiger partial charge in [-0.25, -0.2) is 0 Å². The van der Waals surface area contributed by atoms with Gasteiger partial charge in [-0.2, -0.15) is 0 Å². The number of thiocarbonyl (C=S) groups is 1. The van der Waals surface area contributed by atoms with Gasteiger partial charge in [-0.05, 0) is 54.5 Å². The molecule has 1 heterocycles. The summed E-state index contributed by atoms with van der Waals surface area (Å²) in [6.45, 7) is 2.00. The van der Waals surface area contributed by atoms with Crippen LogP contribution in [0.2, 0.25) is 0 Å². The van der Waals surface area contributed by atoms with Crippen LogP contribution in [-0.2, 0) is 0 Å². The number of carbonyl (C=O) groups excluding carboxylic acids is 1. The van der Waals surface area contributed by atoms with Crippen molar-refractivity contribution in [2.45, 2.75) is 25.2 Å². The molecule has 0 aliphatic carbocycles. The van der Waals surface area contributed by atoms with Crippen LogP contribution in [0.4, 0.5) is 5.69 Å². The maximum Gasteiger partial charge on any atom is 0.256 e. The van der Waals surface area contributed by atoms with Gasteiger partial charge in [0.25, 0.3) is 5.91 Å². The van der Waals surface area contributed by atoms with Gasteiger partial charge in [-0.1, -0.05) is 72.9 Å². The average molecular weight is 511 g/mol. The van der Waals surface area contributed by atoms with Crippen molar-refractivity contribution in [3.63, 3.8) is 0 Å². The summed E-state index contributed by atoms with van der Waals surface area (Å²) in [5.74, 6) is 1.55. The molecule has 1 atom stereocenters. The summed E-state index contributed by atoms with van der Waals surface area (Å²) in [7, 11) is 0. The van der Waals surface area contributed by atoms with Crippen LogP contribution in [0.15, 0.2) is 91.0 Å². The Morgan fingerprint density at radius 2 is 1.62 bits per heavy atom. The molecule has 188 valence electrons. The number of benzene rings is 4. The van der Waals surface area contributed by atoms with Crippen molar-refractivity contribution < 1.29 is 14.3 Å². The zero-order valence-electron chi connectivity index (χ0n) is 20.6. The third-order valence-electron chi connectivity index (χ3n) is 6.55. The molecule has 4 aromatic carbocycles. The lowest BCUT2D eigenvalue weighted by Crippen LogP contribution is -2.33. The number of carbonyl (C=O) groups is 1. The number of nitrogens with one attached hydrogen (secondary N) is 2. The van der Waals surface area contributed by atoms with Gasteiger partial charge in [0.15, 0.2) is 0 Å². The summed E-state index contributed by atoms with van der Waals surface area (Å²) in [6.07, 6.45) is 2.97. The molecule has 1 amide bonds. The minimum absolute atomic E-state index is 0.0477. The van der Waals surface area contributed by atoms with E-state index in [1.807, 2.05) is 60.7 Å². The van der Waals surface area contributed by atoms with Crippen molar-refractivity contribution in [3.05, 3.63) is 102 Å². The lowest BCUT2D eigenvalue weighted by atomic mass is 10.0. The highest BCUT2D eigenvalue weighted by molar-refractivity contribution is 7.80. The highest BCUT2D eigenvalue weighted by atomic mass is 32.1. The van der Waals surface area contributed by atoms with Crippen LogP contribution in [0.3, 0.4) is 0 Å². The number of amides is 1. The molecule has 0 fully saturated rings. The number of hydrogen-bond donors (Lipinski definition) is 2. The van der Waals surface area contributed by atoms with E-state index in [4.69, 9.17) is 21.7 Å². The Kier molecular flexibility index (Phi) is 7.96. The normalized spacial score (nSPS) is 14.0. The van der Waals surface area contributed by atoms with Crippen LogP contribution >= 0.6 is 12.2 Å². The first-order valence-electron chi connectivity index (χ1n) is 12.7. The summed E-state index contributed by atoms with van der Waals surface area (Å²) in [6, 6.07) is 29.6. The Morgan fingerprint density at radius 1 is 0.865 bits per heavy atom. The fourth-order valence-electron chi connectivity index (χ4n) is 4.57. The third-order valence-corrected chi connectivity index (χ3v) is 6.94. The molecule has 1 aliphatic heterocycles. The zero-order chi connectivity index (χ0) is 25.5. The molecule has 4 aromatic rings. The number of fused-ring (bicyclic) bond motifs is 2. The molecule has 0 aromatic heterocycles. The van der Waals surface area contributed by atoms with E-state index in [1.54, 1.807) is 12.1 Å². The van der Waals surface area contributed by atoms with E-state index in [-0.39, 0.29) is 11.8 Å². The summed E-state index contributed by atoms with van der Waals surface area (Å²) < 4.78 is 12.0. The molecule has 5 rings (SSSR count). The first-order chi connectivity index (χ1) is 18.2. The lowest BCUT2D eigenvalue weighted by Gasteiger charge is -2.14. The quantitative estimate of drug-likeness (QED) is 0.183. The second-order valence-corrected chi connectivity index (χ2v) is 9.54. The monoisotopic (exact) mass is 510 g/mol. The fourth-order valence-corrected chi connectivity index (χ4v) is 4.88. The van der Waals surface area contributed by atoms with Crippen molar-refractivity contribution in [1.82, 2.24) is 5.32 Å². The highest BCUT2D eigenvalue weighted by Gasteiger charge is 2.27. The topological polar surface area (TPSA) is 59.6 Å². The van der Waals surface area contributed by atoms with Crippen LogP contribution < -0.4 is 20.1 Å². The number of rotatable bonds is 10. The first kappa shape index (κ1) is 24.8. The zero-order valence-corrected chi connectivity index (χ0v) is 21.4. The third kappa shape index (κ3) is 6.09. The Morgan fingerprint density at radius 3 is 2.49 bits per heavy atom. The Bertz CT molecular complexity index is 1380. The van der Waals surface area contributed by atoms with Crippen LogP contribution in [0, 0.1) is 0 Å². The van der Waals surface area contributed by atoms with Crippen molar-refractivity contribution in [2.75, 3.05) is 25.1 Å². The minimum atomic E-state index is -0.179. The minimum Gasteiger partial charge on any atom is -0.494 e. The van der Waals surface area contributed by atoms with Gasteiger partial charge in [-0.3, -0.25) is 4.79 Å². The number of hydrogen-bond acceptors (Lipinski definition) is 5. The summed E-state index contributed by atoms with van der Waals surface area (Å²) in [4.78, 5) is 13.0. The van der Waals surface area contributed by atoms with Gasteiger partial charge in [0.1, 0.15) is 11.5 Å². The Labute approximate surface area is 222 Å². The van der Waals surface area contributed by atoms with E-state index in [1.165, 1.54) is 5.39 Å². The largest absolute Gasteiger partial charge is 0.494 e. The molecule has 5 nitrogen and oxygen atoms in total. The molecule has 6 heteroatoms. The average Bonchev–Trinajstić information content (AvgIpc) is 3.36. The predicted octanol–water partition coefficient (Wildman–Crippen LogP) is 6.73. The van der Waals surface area contributed by atoms with Crippen molar-refractivity contribution in [1.29, 1.82) is 0 Å². The van der Waals surface area contributed by atoms with E-state index in [0.29, 0.717) is 30.3 Å². The smallest absolute Gasteiger partial charge is 0.256 e. The van der Waals surface area contributed by atoms with E-state index in [0.717, 1.165) is 47.4 Å². The van der Waals surface area contributed by atoms with E-state index in [2.05, 4.69) is 28.8 Å². The molecule has 37 heavy (non-hydrogen) atoms. The summed E-state index contributed by atoms with van der Waals surface area (Å²) >= 11 is 5.56. The predicted molar refractivity (Wildman–Crippen MR) is 153 cm³/mol. The van der Waals surface area contributed by atoms with Gasteiger partial charge in [-0.15, -0.1) is 0 Å². The number of unbranched alkanes of at least 4 members (excludes halogenated alkanes) is 2. The van der Waals surface area contributed by atoms with Gasteiger partial charge < -0.3 is 20.1 Å². The van der Waals surface area contributed by atoms with Crippen molar-refractivity contribution in [3.8, 4) is 11.5 Å². The fraction of sp³-hybridized carbons (Fsp3) is 0.226. The maximum atomic E-state index is 12.5. The molecule has 0 radical (unpaired) electrons. The standard InChI is InChI=1S/C31H30N2O3S/c34-30(23-11-3-1-4-12-23)33-31(37)27-21-32-28-20-24(16-17-26(27)28)35-18-7-2-8-19-36-29-15-9-13-22-10-5-6-14-25(22)29/h1,3-6,9-17,20,27,32H,2,7-8,18-19,21H2,(H,33,34,37). The SMILES string of the molecule is O=C(NC(=S)C1CNc2cc(OCCCCCOc3cccc4ccccc34)ccc21)c1ccccc1. The van der Waals surface area contributed by atoms with Gasteiger partial charge in [0.2, 0.25) is 0 Å². The van der Waals surface area contributed by atoms with E-state index < -0.39 is 0 Å². The number of ether oxygens (including phenoxy) is 2. The first-order valence-corrected chi connectivity index (χ1v) is 13.1. The van der Waals surface area contributed by atoms with Gasteiger partial charge >= 0.3 is 0 Å². The van der Waals surface area contributed by atoms with Crippen LogP contribution in [0.1, 0.15) is 41.1 Å². The molecule has 2 N–H and O–H groups in total. The van der Waals surface area contributed by atoms with Crippen molar-refractivity contribution >= 4 is 39.6 Å². The molecule has 0 saturated carbocycles. The molecular weight excluding hydrogens is 480 g/mol. The van der Waals surface area contributed by atoms with Gasteiger partial charge in [0.05, 0.1) is 24.1 Å².